The molecule has 12 heavy (non-hydrogen) atoms. The molecule has 2 saturated heterocycles. The Labute approximate surface area is 76.5 Å². The third-order valence-electron chi connectivity index (χ3n) is 1.97. The van der Waals surface area contributed by atoms with Crippen LogP contribution < -0.4 is 0 Å². The number of nitrogens with zero attached hydrogens (tertiary/aromatic N) is 1. The van der Waals surface area contributed by atoms with Gasteiger partial charge in [0.1, 0.15) is 0 Å². The lowest BCUT2D eigenvalue weighted by Crippen LogP contribution is -2.60. The molecule has 70 valence electrons. The molecule has 0 N–H and O–H groups in total. The SMILES string of the molecule is O=S1(=O)OC2(CCCCN2S)O1. The van der Waals surface area contributed by atoms with E-state index in [9.17, 15) is 8.42 Å². The molecule has 1 spiro atoms. The van der Waals surface area contributed by atoms with Crippen molar-refractivity contribution in [1.29, 1.82) is 0 Å². The van der Waals surface area contributed by atoms with Crippen LogP contribution in [0.4, 0.5) is 0 Å². The molecule has 2 rings (SSSR count). The van der Waals surface area contributed by atoms with Gasteiger partial charge in [-0.2, -0.15) is 21.1 Å². The van der Waals surface area contributed by atoms with E-state index in [-0.39, 0.29) is 0 Å². The van der Waals surface area contributed by atoms with E-state index in [1.165, 1.54) is 4.31 Å². The van der Waals surface area contributed by atoms with Gasteiger partial charge in [-0.05, 0) is 12.8 Å². The van der Waals surface area contributed by atoms with Crippen LogP contribution in [0, 0.1) is 0 Å². The van der Waals surface area contributed by atoms with Crippen LogP contribution in [0.25, 0.3) is 0 Å². The molecular weight excluding hydrogens is 202 g/mol. The summed E-state index contributed by atoms with van der Waals surface area (Å²) >= 11 is 4.07. The van der Waals surface area contributed by atoms with Gasteiger partial charge in [0.25, 0.3) is 5.91 Å². The Kier molecular flexibility index (Phi) is 1.89. The third kappa shape index (κ3) is 1.25. The van der Waals surface area contributed by atoms with Crippen LogP contribution in [0.15, 0.2) is 0 Å². The van der Waals surface area contributed by atoms with Gasteiger partial charge in [-0.25, -0.2) is 0 Å². The molecular formula is C5H9NO4S2. The highest BCUT2D eigenvalue weighted by Crippen LogP contribution is 2.41. The lowest BCUT2D eigenvalue weighted by molar-refractivity contribution is -0.262. The van der Waals surface area contributed by atoms with Crippen molar-refractivity contribution in [2.24, 2.45) is 0 Å². The van der Waals surface area contributed by atoms with Gasteiger partial charge in [-0.1, -0.05) is 12.8 Å². The minimum Gasteiger partial charge on any atom is -0.198 e. The Morgan fingerprint density at radius 3 is 2.50 bits per heavy atom. The maximum atomic E-state index is 10.6. The average molecular weight is 211 g/mol. The summed E-state index contributed by atoms with van der Waals surface area (Å²) in [4.78, 5) is 0. The molecule has 2 fully saturated rings. The van der Waals surface area contributed by atoms with Gasteiger partial charge < -0.3 is 0 Å². The monoisotopic (exact) mass is 211 g/mol. The van der Waals surface area contributed by atoms with Gasteiger partial charge in [0.2, 0.25) is 0 Å². The number of thiol groups is 1. The molecule has 7 heteroatoms. The third-order valence-corrected chi connectivity index (χ3v) is 3.40. The van der Waals surface area contributed by atoms with E-state index in [1.807, 2.05) is 0 Å². The van der Waals surface area contributed by atoms with Crippen LogP contribution in [-0.4, -0.2) is 25.2 Å². The van der Waals surface area contributed by atoms with Crippen LogP contribution in [-0.2, 0) is 18.8 Å². The molecule has 0 aromatic heterocycles. The predicted octanol–water partition coefficient (Wildman–Crippen LogP) is 0.263. The first-order valence-corrected chi connectivity index (χ1v) is 5.40. The lowest BCUT2D eigenvalue weighted by Gasteiger charge is -2.46. The van der Waals surface area contributed by atoms with E-state index >= 15 is 0 Å². The Morgan fingerprint density at radius 2 is 2.00 bits per heavy atom. The molecule has 0 aromatic rings. The molecule has 5 nitrogen and oxygen atoms in total. The largest absolute Gasteiger partial charge is 0.407 e. The number of piperidine rings is 1. The van der Waals surface area contributed by atoms with Gasteiger partial charge in [0, 0.05) is 13.0 Å². The minimum absolute atomic E-state index is 0.551. The summed E-state index contributed by atoms with van der Waals surface area (Å²) in [5.41, 5.74) is 0. The van der Waals surface area contributed by atoms with E-state index in [1.54, 1.807) is 0 Å². The van der Waals surface area contributed by atoms with Crippen LogP contribution in [0.1, 0.15) is 19.3 Å². The van der Waals surface area contributed by atoms with Crippen LogP contribution >= 0.6 is 12.8 Å². The van der Waals surface area contributed by atoms with Crippen molar-refractivity contribution in [1.82, 2.24) is 4.31 Å². The molecule has 2 aliphatic heterocycles. The first-order chi connectivity index (χ1) is 5.54. The second-order valence-electron chi connectivity index (χ2n) is 2.87. The van der Waals surface area contributed by atoms with E-state index in [0.29, 0.717) is 13.0 Å². The second-order valence-corrected chi connectivity index (χ2v) is 4.50. The van der Waals surface area contributed by atoms with Crippen molar-refractivity contribution >= 4 is 23.2 Å². The Morgan fingerprint density at radius 1 is 1.33 bits per heavy atom. The van der Waals surface area contributed by atoms with Crippen molar-refractivity contribution in [2.45, 2.75) is 25.2 Å². The van der Waals surface area contributed by atoms with Crippen LogP contribution in [0.5, 0.6) is 0 Å². The second kappa shape index (κ2) is 2.58. The summed E-state index contributed by atoms with van der Waals surface area (Å²) in [7, 11) is -3.71. The Hall–Kier alpha value is 0.180. The van der Waals surface area contributed by atoms with Crippen LogP contribution in [0.3, 0.4) is 0 Å². The van der Waals surface area contributed by atoms with Crippen molar-refractivity contribution < 1.29 is 16.8 Å². The highest BCUT2D eigenvalue weighted by Gasteiger charge is 2.56. The first-order valence-electron chi connectivity index (χ1n) is 3.67. The maximum Gasteiger partial charge on any atom is 0.407 e. The summed E-state index contributed by atoms with van der Waals surface area (Å²) in [6.45, 7) is 0.679. The van der Waals surface area contributed by atoms with Crippen molar-refractivity contribution in [3.05, 3.63) is 0 Å². The summed E-state index contributed by atoms with van der Waals surface area (Å²) in [5.74, 6) is -1.10. The molecule has 2 aliphatic rings. The highest BCUT2D eigenvalue weighted by atomic mass is 32.3. The minimum atomic E-state index is -3.71. The quantitative estimate of drug-likeness (QED) is 0.583. The number of hydrogen-bond donors (Lipinski definition) is 1. The zero-order chi connectivity index (χ0) is 8.82. The van der Waals surface area contributed by atoms with Gasteiger partial charge in [-0.3, -0.25) is 0 Å². The van der Waals surface area contributed by atoms with E-state index < -0.39 is 16.3 Å². The first kappa shape index (κ1) is 8.76. The smallest absolute Gasteiger partial charge is 0.198 e. The van der Waals surface area contributed by atoms with E-state index in [2.05, 4.69) is 21.2 Å². The fourth-order valence-electron chi connectivity index (χ4n) is 1.40. The van der Waals surface area contributed by atoms with Gasteiger partial charge in [-0.15, -0.1) is 0 Å². The summed E-state index contributed by atoms with van der Waals surface area (Å²) in [6, 6.07) is 0. The average Bonchev–Trinajstić information content (AvgIpc) is 1.91. The normalized spacial score (nSPS) is 33.1. The van der Waals surface area contributed by atoms with Crippen molar-refractivity contribution in [3.8, 4) is 0 Å². The van der Waals surface area contributed by atoms with Gasteiger partial charge in [0.05, 0.1) is 0 Å². The predicted molar refractivity (Wildman–Crippen MR) is 43.4 cm³/mol. The highest BCUT2D eigenvalue weighted by molar-refractivity contribution is 7.83. The molecule has 0 atom stereocenters. The number of hydrogen-bond acceptors (Lipinski definition) is 6. The standard InChI is InChI=1S/C5H9NO4S2/c7-12(8)9-5(10-12)3-1-2-4-6(5)11/h11H,1-4H2. The molecule has 0 aliphatic carbocycles. The van der Waals surface area contributed by atoms with Crippen molar-refractivity contribution in [2.75, 3.05) is 6.54 Å². The molecule has 0 radical (unpaired) electrons. The maximum absolute atomic E-state index is 10.6. The van der Waals surface area contributed by atoms with Crippen LogP contribution in [0.2, 0.25) is 0 Å². The fraction of sp³-hybridized carbons (Fsp3) is 1.00. The van der Waals surface area contributed by atoms with E-state index in [0.717, 1.165) is 12.8 Å². The molecule has 2 heterocycles. The molecule has 0 saturated carbocycles. The van der Waals surface area contributed by atoms with E-state index in [4.69, 9.17) is 0 Å². The topological polar surface area (TPSA) is 55.8 Å². The summed E-state index contributed by atoms with van der Waals surface area (Å²) in [6.07, 6.45) is 2.43. The summed E-state index contributed by atoms with van der Waals surface area (Å²) < 4.78 is 32.0. The van der Waals surface area contributed by atoms with Gasteiger partial charge in [0.15, 0.2) is 0 Å². The zero-order valence-electron chi connectivity index (χ0n) is 6.26. The molecule has 0 amide bonds. The molecule has 0 bridgehead atoms. The zero-order valence-corrected chi connectivity index (χ0v) is 7.98. The molecule has 0 aromatic carbocycles. The lowest BCUT2D eigenvalue weighted by atomic mass is 10.1. The Bertz CT molecular complexity index is 276. The fourth-order valence-corrected chi connectivity index (χ4v) is 2.83. The van der Waals surface area contributed by atoms with Crippen molar-refractivity contribution in [3.63, 3.8) is 0 Å². The van der Waals surface area contributed by atoms with Gasteiger partial charge >= 0.3 is 10.4 Å². The Balaban J connectivity index is 2.13. The number of rotatable bonds is 0. The summed E-state index contributed by atoms with van der Waals surface area (Å²) in [5, 5.41) is 0. The molecule has 0 unspecified atom stereocenters.